The van der Waals surface area contributed by atoms with Crippen LogP contribution in [0, 0.1) is 9.39 Å². The lowest BCUT2D eigenvalue weighted by atomic mass is 10.1. The summed E-state index contributed by atoms with van der Waals surface area (Å²) in [5, 5.41) is 8.12. The molecule has 110 valence electrons. The van der Waals surface area contributed by atoms with Crippen LogP contribution in [0.25, 0.3) is 16.9 Å². The van der Waals surface area contributed by atoms with Gasteiger partial charge in [0.2, 0.25) is 0 Å². The molecule has 0 aliphatic carbocycles. The van der Waals surface area contributed by atoms with Crippen LogP contribution in [0.5, 0.6) is 0 Å². The second-order valence-corrected chi connectivity index (χ2v) is 6.50. The summed E-state index contributed by atoms with van der Waals surface area (Å²) in [4.78, 5) is 0. The Morgan fingerprint density at radius 3 is 2.73 bits per heavy atom. The van der Waals surface area contributed by atoms with Crippen molar-refractivity contribution < 1.29 is 4.39 Å². The van der Waals surface area contributed by atoms with Gasteiger partial charge in [-0.25, -0.2) is 9.07 Å². The normalized spacial score (nSPS) is 13.0. The van der Waals surface area contributed by atoms with E-state index in [9.17, 15) is 4.39 Å². The number of hydrogen-bond acceptors (Lipinski definition) is 2. The fraction of sp³-hybridized carbons (Fsp3) is 0.118. The van der Waals surface area contributed by atoms with E-state index in [-0.39, 0.29) is 5.82 Å². The highest BCUT2D eigenvalue weighted by molar-refractivity contribution is 14.1. The van der Waals surface area contributed by atoms with Crippen molar-refractivity contribution in [1.82, 2.24) is 9.78 Å². The topological polar surface area (TPSA) is 29.9 Å². The number of nitrogens with zero attached hydrogens (tertiary/aromatic N) is 2. The summed E-state index contributed by atoms with van der Waals surface area (Å²) in [6.07, 6.45) is 0.908. The second-order valence-electron chi connectivity index (χ2n) is 5.25. The fourth-order valence-electron chi connectivity index (χ4n) is 2.81. The van der Waals surface area contributed by atoms with Crippen LogP contribution in [0.3, 0.4) is 0 Å². The average Bonchev–Trinajstić information content (AvgIpc) is 3.10. The molecule has 1 aromatic heterocycles. The van der Waals surface area contributed by atoms with E-state index in [1.165, 1.54) is 9.64 Å². The number of nitrogens with one attached hydrogen (secondary N) is 1. The van der Waals surface area contributed by atoms with Crippen LogP contribution in [0.1, 0.15) is 5.56 Å². The summed E-state index contributed by atoms with van der Waals surface area (Å²) >= 11 is 2.28. The Morgan fingerprint density at radius 2 is 1.95 bits per heavy atom. The third-order valence-corrected chi connectivity index (χ3v) is 4.54. The molecule has 0 saturated carbocycles. The van der Waals surface area contributed by atoms with Gasteiger partial charge >= 0.3 is 0 Å². The zero-order valence-corrected chi connectivity index (χ0v) is 13.8. The van der Waals surface area contributed by atoms with Gasteiger partial charge in [-0.1, -0.05) is 12.1 Å². The molecule has 22 heavy (non-hydrogen) atoms. The zero-order chi connectivity index (χ0) is 15.1. The number of benzene rings is 2. The highest BCUT2D eigenvalue weighted by Crippen LogP contribution is 2.34. The summed E-state index contributed by atoms with van der Waals surface area (Å²) in [5.41, 5.74) is 3.85. The second kappa shape index (κ2) is 5.39. The van der Waals surface area contributed by atoms with Gasteiger partial charge in [0.05, 0.1) is 11.4 Å². The van der Waals surface area contributed by atoms with Crippen LogP contribution in [0.15, 0.2) is 48.5 Å². The molecule has 0 bridgehead atoms. The first-order chi connectivity index (χ1) is 10.7. The summed E-state index contributed by atoms with van der Waals surface area (Å²) in [6.45, 7) is 0.889. The molecule has 3 aromatic rings. The van der Waals surface area contributed by atoms with Crippen LogP contribution < -0.4 is 5.32 Å². The molecular formula is C17H13FIN3. The monoisotopic (exact) mass is 405 g/mol. The first-order valence-electron chi connectivity index (χ1n) is 7.10. The van der Waals surface area contributed by atoms with E-state index in [2.05, 4.69) is 40.0 Å². The maximum Gasteiger partial charge on any atom is 0.133 e. The quantitative estimate of drug-likeness (QED) is 0.647. The van der Waals surface area contributed by atoms with Crippen molar-refractivity contribution in [3.63, 3.8) is 0 Å². The van der Waals surface area contributed by atoms with Crippen LogP contribution in [0.2, 0.25) is 0 Å². The van der Waals surface area contributed by atoms with Crippen molar-refractivity contribution >= 4 is 28.4 Å². The number of hydrogen-bond donors (Lipinski definition) is 1. The van der Waals surface area contributed by atoms with Crippen LogP contribution in [0.4, 0.5) is 10.2 Å². The summed E-state index contributed by atoms with van der Waals surface area (Å²) < 4.78 is 16.6. The first kappa shape index (κ1) is 13.8. The molecule has 4 rings (SSSR count). The minimum absolute atomic E-state index is 0.235. The minimum atomic E-state index is -0.235. The highest BCUT2D eigenvalue weighted by Gasteiger charge is 2.23. The fourth-order valence-corrected chi connectivity index (χ4v) is 3.17. The van der Waals surface area contributed by atoms with Crippen molar-refractivity contribution in [3.8, 4) is 16.9 Å². The molecule has 5 heteroatoms. The molecule has 1 N–H and O–H groups in total. The summed E-state index contributed by atoms with van der Waals surface area (Å²) in [6, 6.07) is 14.8. The van der Waals surface area contributed by atoms with E-state index in [1.54, 1.807) is 12.1 Å². The van der Waals surface area contributed by atoms with Crippen molar-refractivity contribution in [3.05, 3.63) is 63.5 Å². The van der Waals surface area contributed by atoms with E-state index in [4.69, 9.17) is 5.10 Å². The highest BCUT2D eigenvalue weighted by atomic mass is 127. The van der Waals surface area contributed by atoms with E-state index < -0.39 is 0 Å². The molecule has 0 fully saturated rings. The summed E-state index contributed by atoms with van der Waals surface area (Å²) in [5.74, 6) is 0.779. The molecule has 1 aliphatic heterocycles. The first-order valence-corrected chi connectivity index (χ1v) is 8.18. The number of rotatable bonds is 2. The Bertz CT molecular complexity index is 840. The molecule has 0 unspecified atom stereocenters. The van der Waals surface area contributed by atoms with Gasteiger partial charge in [0.15, 0.2) is 0 Å². The smallest absolute Gasteiger partial charge is 0.133 e. The Kier molecular flexibility index (Phi) is 3.37. The predicted octanol–water partition coefficient (Wildman–Crippen LogP) is 4.25. The van der Waals surface area contributed by atoms with Gasteiger partial charge in [-0.2, -0.15) is 5.10 Å². The van der Waals surface area contributed by atoms with Crippen LogP contribution in [-0.2, 0) is 6.42 Å². The van der Waals surface area contributed by atoms with Crippen molar-refractivity contribution in [1.29, 1.82) is 0 Å². The average molecular weight is 405 g/mol. The molecule has 2 heterocycles. The number of anilines is 1. The molecular weight excluding hydrogens is 392 g/mol. The third-order valence-electron chi connectivity index (χ3n) is 3.82. The van der Waals surface area contributed by atoms with Gasteiger partial charge in [0.25, 0.3) is 0 Å². The van der Waals surface area contributed by atoms with Gasteiger partial charge in [-0.05, 0) is 65.4 Å². The molecule has 0 amide bonds. The van der Waals surface area contributed by atoms with Gasteiger partial charge < -0.3 is 5.32 Å². The van der Waals surface area contributed by atoms with Crippen LogP contribution >= 0.6 is 22.6 Å². The standard InChI is InChI=1S/C17H13FIN3/c18-12-3-1-2-11(10-12)16-15-8-9-20-17(15)22(21-16)14-6-4-13(19)5-7-14/h1-7,10,20H,8-9H2. The van der Waals surface area contributed by atoms with Gasteiger partial charge in [-0.3, -0.25) is 0 Å². The van der Waals surface area contributed by atoms with Crippen molar-refractivity contribution in [2.75, 3.05) is 11.9 Å². The van der Waals surface area contributed by atoms with Crippen LogP contribution in [-0.4, -0.2) is 16.3 Å². The van der Waals surface area contributed by atoms with Gasteiger partial charge in [-0.15, -0.1) is 0 Å². The Hall–Kier alpha value is -1.89. The van der Waals surface area contributed by atoms with Gasteiger partial charge in [0.1, 0.15) is 11.6 Å². The summed E-state index contributed by atoms with van der Waals surface area (Å²) in [7, 11) is 0. The van der Waals surface area contributed by atoms with Gasteiger partial charge in [0, 0.05) is 21.2 Å². The minimum Gasteiger partial charge on any atom is -0.369 e. The Morgan fingerprint density at radius 1 is 1.14 bits per heavy atom. The van der Waals surface area contributed by atoms with E-state index >= 15 is 0 Å². The number of halogens is 2. The zero-order valence-electron chi connectivity index (χ0n) is 11.7. The molecule has 0 radical (unpaired) electrons. The Labute approximate surface area is 141 Å². The molecule has 0 saturated heterocycles. The van der Waals surface area contributed by atoms with Crippen molar-refractivity contribution in [2.24, 2.45) is 0 Å². The number of fused-ring (bicyclic) bond motifs is 1. The van der Waals surface area contributed by atoms with Crippen molar-refractivity contribution in [2.45, 2.75) is 6.42 Å². The molecule has 0 atom stereocenters. The lowest BCUT2D eigenvalue weighted by molar-refractivity contribution is 0.628. The lowest BCUT2D eigenvalue weighted by Gasteiger charge is -2.06. The lowest BCUT2D eigenvalue weighted by Crippen LogP contribution is -2.04. The molecule has 3 nitrogen and oxygen atoms in total. The third kappa shape index (κ3) is 2.29. The Balaban J connectivity index is 1.88. The predicted molar refractivity (Wildman–Crippen MR) is 93.9 cm³/mol. The SMILES string of the molecule is Fc1cccc(-c2nn(-c3ccc(I)cc3)c3c2CCN3)c1. The van der Waals surface area contributed by atoms with E-state index in [0.717, 1.165) is 41.3 Å². The molecule has 0 spiro atoms. The molecule has 2 aromatic carbocycles. The largest absolute Gasteiger partial charge is 0.369 e. The van der Waals surface area contributed by atoms with E-state index in [0.29, 0.717) is 0 Å². The number of aromatic nitrogens is 2. The maximum atomic E-state index is 13.5. The van der Waals surface area contributed by atoms with E-state index in [1.807, 2.05) is 22.9 Å². The molecule has 1 aliphatic rings. The maximum absolute atomic E-state index is 13.5.